The Morgan fingerprint density at radius 3 is 2.65 bits per heavy atom. The Morgan fingerprint density at radius 2 is 1.82 bits per heavy atom. The highest BCUT2D eigenvalue weighted by atomic mass is 32.1. The van der Waals surface area contributed by atoms with Gasteiger partial charge in [-0.05, 0) is 66.6 Å². The van der Waals surface area contributed by atoms with Crippen molar-refractivity contribution in [2.24, 2.45) is 0 Å². The van der Waals surface area contributed by atoms with Crippen molar-refractivity contribution >= 4 is 44.1 Å². The summed E-state index contributed by atoms with van der Waals surface area (Å²) in [7, 11) is 0. The zero-order valence-electron chi connectivity index (χ0n) is 18.9. The van der Waals surface area contributed by atoms with E-state index in [0.29, 0.717) is 23.3 Å². The summed E-state index contributed by atoms with van der Waals surface area (Å²) < 4.78 is 7.95. The normalized spacial score (nSPS) is 14.6. The quantitative estimate of drug-likeness (QED) is 0.388. The Labute approximate surface area is 201 Å². The number of fused-ring (bicyclic) bond motifs is 2. The number of ether oxygens (including phenoxy) is 1. The van der Waals surface area contributed by atoms with Crippen LogP contribution in [0.25, 0.3) is 21.0 Å². The van der Waals surface area contributed by atoms with Crippen molar-refractivity contribution < 1.29 is 14.6 Å². The van der Waals surface area contributed by atoms with Crippen LogP contribution in [-0.2, 0) is 0 Å². The molecule has 5 rings (SSSR count). The average molecular weight is 478 g/mol. The zero-order valence-corrected chi connectivity index (χ0v) is 19.7. The number of pyridine rings is 1. The third-order valence-electron chi connectivity index (χ3n) is 6.38. The van der Waals surface area contributed by atoms with Crippen LogP contribution < -0.4 is 15.2 Å². The molecule has 4 aromatic rings. The molecule has 0 aliphatic carbocycles. The van der Waals surface area contributed by atoms with Crippen LogP contribution in [-0.4, -0.2) is 60.0 Å². The Bertz CT molecular complexity index is 1370. The van der Waals surface area contributed by atoms with Crippen molar-refractivity contribution in [3.8, 4) is 5.75 Å². The molecule has 3 heterocycles. The summed E-state index contributed by atoms with van der Waals surface area (Å²) in [6, 6.07) is 16.9. The summed E-state index contributed by atoms with van der Waals surface area (Å²) in [5, 5.41) is 13.6. The third kappa shape index (κ3) is 4.64. The van der Waals surface area contributed by atoms with Crippen LogP contribution in [0.1, 0.15) is 12.8 Å². The molecular weight excluding hydrogens is 450 g/mol. The minimum atomic E-state index is -1.29. The van der Waals surface area contributed by atoms with Gasteiger partial charge in [0.1, 0.15) is 5.75 Å². The fourth-order valence-corrected chi connectivity index (χ4v) is 5.40. The van der Waals surface area contributed by atoms with E-state index in [-0.39, 0.29) is 0 Å². The highest BCUT2D eigenvalue weighted by Crippen LogP contribution is 2.31. The summed E-state index contributed by atoms with van der Waals surface area (Å²) in [6.45, 7) is 5.77. The highest BCUT2D eigenvalue weighted by molar-refractivity contribution is 7.17. The molecule has 34 heavy (non-hydrogen) atoms. The summed E-state index contributed by atoms with van der Waals surface area (Å²) in [6.07, 6.45) is 0.653. The van der Waals surface area contributed by atoms with Crippen molar-refractivity contribution in [3.63, 3.8) is 0 Å². The standard InChI is InChI=1S/C26H27N3O4S/c30-25-9-7-19-6-8-20(18-23(19)29(25)26(31)32)33-16-2-1-11-27-12-14-28(15-13-27)22-4-3-5-24-21(22)10-17-34-24/h3-10,17-18H,1-2,11-16H2,(H,31,32). The molecule has 0 amide bonds. The Morgan fingerprint density at radius 1 is 1.00 bits per heavy atom. The van der Waals surface area contributed by atoms with Gasteiger partial charge in [-0.3, -0.25) is 9.69 Å². The number of unbranched alkanes of at least 4 members (excludes halogenated alkanes) is 1. The lowest BCUT2D eigenvalue weighted by Crippen LogP contribution is -2.46. The molecule has 1 fully saturated rings. The number of hydrogen-bond acceptors (Lipinski definition) is 6. The molecule has 1 saturated heterocycles. The Hall–Kier alpha value is -3.36. The van der Waals surface area contributed by atoms with Gasteiger partial charge >= 0.3 is 6.09 Å². The van der Waals surface area contributed by atoms with Gasteiger partial charge < -0.3 is 14.7 Å². The molecule has 1 N–H and O–H groups in total. The Balaban J connectivity index is 1.09. The first-order valence-corrected chi connectivity index (χ1v) is 12.4. The summed E-state index contributed by atoms with van der Waals surface area (Å²) in [5.74, 6) is 0.573. The van der Waals surface area contributed by atoms with Crippen LogP contribution in [0, 0.1) is 0 Å². The topological polar surface area (TPSA) is 75.0 Å². The first kappa shape index (κ1) is 22.4. The van der Waals surface area contributed by atoms with Crippen molar-refractivity contribution in [2.45, 2.75) is 12.8 Å². The fourth-order valence-electron chi connectivity index (χ4n) is 4.59. The second kappa shape index (κ2) is 9.87. The number of piperazine rings is 1. The van der Waals surface area contributed by atoms with Gasteiger partial charge in [-0.1, -0.05) is 6.07 Å². The van der Waals surface area contributed by atoms with Gasteiger partial charge in [0, 0.05) is 54.1 Å². The minimum absolute atomic E-state index is 0.341. The zero-order chi connectivity index (χ0) is 23.5. The van der Waals surface area contributed by atoms with Crippen LogP contribution >= 0.6 is 11.3 Å². The van der Waals surface area contributed by atoms with E-state index in [1.165, 1.54) is 21.8 Å². The third-order valence-corrected chi connectivity index (χ3v) is 7.27. The molecule has 0 atom stereocenters. The van der Waals surface area contributed by atoms with Crippen molar-refractivity contribution in [3.05, 3.63) is 70.3 Å². The van der Waals surface area contributed by atoms with Crippen LogP contribution in [0.2, 0.25) is 0 Å². The maximum absolute atomic E-state index is 11.9. The van der Waals surface area contributed by atoms with E-state index in [2.05, 4.69) is 39.4 Å². The largest absolute Gasteiger partial charge is 0.494 e. The van der Waals surface area contributed by atoms with E-state index in [9.17, 15) is 14.7 Å². The first-order valence-electron chi connectivity index (χ1n) is 11.6. The summed E-state index contributed by atoms with van der Waals surface area (Å²) in [5.41, 5.74) is 1.12. The number of nitrogens with zero attached hydrogens (tertiary/aromatic N) is 3. The molecule has 2 aromatic heterocycles. The number of anilines is 1. The van der Waals surface area contributed by atoms with Crippen molar-refractivity contribution in [1.29, 1.82) is 0 Å². The maximum atomic E-state index is 11.9. The van der Waals surface area contributed by atoms with Gasteiger partial charge in [-0.25, -0.2) is 9.36 Å². The lowest BCUT2D eigenvalue weighted by Gasteiger charge is -2.36. The second-order valence-electron chi connectivity index (χ2n) is 8.50. The molecule has 1 aliphatic heterocycles. The van der Waals surface area contributed by atoms with E-state index in [4.69, 9.17) is 4.74 Å². The number of aromatic nitrogens is 1. The van der Waals surface area contributed by atoms with Gasteiger partial charge in [-0.15, -0.1) is 11.3 Å². The smallest absolute Gasteiger partial charge is 0.419 e. The number of hydrogen-bond donors (Lipinski definition) is 1. The van der Waals surface area contributed by atoms with Gasteiger partial charge in [0.2, 0.25) is 0 Å². The number of carboxylic acid groups (broad SMARTS) is 1. The molecule has 176 valence electrons. The SMILES string of the molecule is O=C(O)n1c(=O)ccc2ccc(OCCCCN3CCN(c4cccc5sccc45)CC3)cc21. The van der Waals surface area contributed by atoms with Crippen molar-refractivity contribution in [2.75, 3.05) is 44.2 Å². The molecule has 0 spiro atoms. The molecule has 0 bridgehead atoms. The maximum Gasteiger partial charge on any atom is 0.419 e. The van der Waals surface area contributed by atoms with Crippen LogP contribution in [0.4, 0.5) is 10.5 Å². The van der Waals surface area contributed by atoms with E-state index < -0.39 is 11.7 Å². The molecule has 0 saturated carbocycles. The van der Waals surface area contributed by atoms with Crippen LogP contribution in [0.15, 0.2) is 64.8 Å². The molecule has 1 aliphatic rings. The molecule has 0 unspecified atom stereocenters. The molecule has 7 nitrogen and oxygen atoms in total. The number of rotatable bonds is 7. The monoisotopic (exact) mass is 477 g/mol. The number of carbonyl (C=O) groups is 1. The average Bonchev–Trinajstić information content (AvgIpc) is 3.33. The molecular formula is C26H27N3O4S. The van der Waals surface area contributed by atoms with E-state index >= 15 is 0 Å². The van der Waals surface area contributed by atoms with Crippen molar-refractivity contribution in [1.82, 2.24) is 9.47 Å². The van der Waals surface area contributed by atoms with E-state index in [1.807, 2.05) is 6.07 Å². The van der Waals surface area contributed by atoms with Gasteiger partial charge in [-0.2, -0.15) is 0 Å². The highest BCUT2D eigenvalue weighted by Gasteiger charge is 2.18. The molecule has 8 heteroatoms. The summed E-state index contributed by atoms with van der Waals surface area (Å²) in [4.78, 5) is 28.4. The van der Waals surface area contributed by atoms with Gasteiger partial charge in [0.25, 0.3) is 5.56 Å². The number of thiophene rings is 1. The lowest BCUT2D eigenvalue weighted by molar-refractivity contribution is 0.196. The lowest BCUT2D eigenvalue weighted by atomic mass is 10.2. The van der Waals surface area contributed by atoms with Gasteiger partial charge in [0.05, 0.1) is 12.1 Å². The predicted molar refractivity (Wildman–Crippen MR) is 137 cm³/mol. The predicted octanol–water partition coefficient (Wildman–Crippen LogP) is 4.72. The van der Waals surface area contributed by atoms with E-state index in [0.717, 1.165) is 50.1 Å². The Kier molecular flexibility index (Phi) is 6.51. The van der Waals surface area contributed by atoms with Crippen LogP contribution in [0.3, 0.4) is 0 Å². The second-order valence-corrected chi connectivity index (χ2v) is 9.45. The van der Waals surface area contributed by atoms with E-state index in [1.54, 1.807) is 29.5 Å². The first-order chi connectivity index (χ1) is 16.6. The number of benzene rings is 2. The summed E-state index contributed by atoms with van der Waals surface area (Å²) >= 11 is 1.79. The van der Waals surface area contributed by atoms with Gasteiger partial charge in [0.15, 0.2) is 0 Å². The minimum Gasteiger partial charge on any atom is -0.494 e. The van der Waals surface area contributed by atoms with Crippen LogP contribution in [0.5, 0.6) is 5.75 Å². The molecule has 2 aromatic carbocycles. The molecule has 0 radical (unpaired) electrons. The fraction of sp³-hybridized carbons (Fsp3) is 0.308.